The summed E-state index contributed by atoms with van der Waals surface area (Å²) in [4.78, 5) is 16.6. The highest BCUT2D eigenvalue weighted by Gasteiger charge is 2.29. The van der Waals surface area contributed by atoms with E-state index in [0.29, 0.717) is 12.2 Å². The third-order valence-corrected chi connectivity index (χ3v) is 5.47. The first-order valence-electron chi connectivity index (χ1n) is 6.12. The van der Waals surface area contributed by atoms with Crippen molar-refractivity contribution in [3.63, 3.8) is 0 Å². The Morgan fingerprint density at radius 1 is 1.55 bits per heavy atom. The molecule has 1 N–H and O–H groups in total. The van der Waals surface area contributed by atoms with E-state index in [1.165, 1.54) is 12.3 Å². The van der Waals surface area contributed by atoms with Gasteiger partial charge in [-0.2, -0.15) is 0 Å². The Kier molecular flexibility index (Phi) is 4.19. The Labute approximate surface area is 122 Å². The zero-order valence-corrected chi connectivity index (χ0v) is 12.5. The van der Waals surface area contributed by atoms with Gasteiger partial charge in [-0.05, 0) is 18.9 Å². The Morgan fingerprint density at radius 3 is 2.80 bits per heavy atom. The molecule has 2 rings (SSSR count). The van der Waals surface area contributed by atoms with Crippen molar-refractivity contribution in [3.8, 4) is 0 Å². The van der Waals surface area contributed by atoms with Crippen LogP contribution in [0.1, 0.15) is 23.2 Å². The molecule has 0 aromatic carbocycles. The summed E-state index contributed by atoms with van der Waals surface area (Å²) in [6, 6.07) is 1.13. The predicted molar refractivity (Wildman–Crippen MR) is 76.3 cm³/mol. The van der Waals surface area contributed by atoms with Gasteiger partial charge < -0.3 is 10.0 Å². The highest BCUT2D eigenvalue weighted by Crippen LogP contribution is 2.27. The summed E-state index contributed by atoms with van der Waals surface area (Å²) >= 11 is 6.04. The van der Waals surface area contributed by atoms with Crippen LogP contribution in [-0.4, -0.2) is 49.1 Å². The number of rotatable bonds is 3. The van der Waals surface area contributed by atoms with Crippen LogP contribution < -0.4 is 4.90 Å². The molecule has 8 heteroatoms. The van der Waals surface area contributed by atoms with Crippen LogP contribution in [0.3, 0.4) is 0 Å². The zero-order valence-electron chi connectivity index (χ0n) is 10.9. The van der Waals surface area contributed by atoms with Gasteiger partial charge in [0.2, 0.25) is 0 Å². The van der Waals surface area contributed by atoms with Gasteiger partial charge in [0.15, 0.2) is 9.84 Å². The minimum atomic E-state index is -3.03. The normalized spacial score (nSPS) is 21.4. The summed E-state index contributed by atoms with van der Waals surface area (Å²) in [6.07, 6.45) is 2.58. The second kappa shape index (κ2) is 5.57. The molecule has 1 aliphatic rings. The topological polar surface area (TPSA) is 87.6 Å². The van der Waals surface area contributed by atoms with E-state index in [1.54, 1.807) is 11.9 Å². The maximum absolute atomic E-state index is 11.7. The van der Waals surface area contributed by atoms with E-state index < -0.39 is 15.8 Å². The van der Waals surface area contributed by atoms with E-state index >= 15 is 0 Å². The molecule has 0 saturated carbocycles. The Bertz CT molecular complexity index is 632. The Balaban J connectivity index is 2.25. The first kappa shape index (κ1) is 15.1. The lowest BCUT2D eigenvalue weighted by atomic mass is 10.1. The fourth-order valence-corrected chi connectivity index (χ4v) is 4.33. The molecule has 2 heterocycles. The van der Waals surface area contributed by atoms with E-state index in [0.717, 1.165) is 6.42 Å². The molecule has 0 aliphatic carbocycles. The average molecular weight is 319 g/mol. The van der Waals surface area contributed by atoms with Gasteiger partial charge >= 0.3 is 5.97 Å². The lowest BCUT2D eigenvalue weighted by molar-refractivity contribution is 0.0696. The van der Waals surface area contributed by atoms with Crippen LogP contribution in [0.5, 0.6) is 0 Å². The number of carboxylic acid groups (broad SMARTS) is 1. The highest BCUT2D eigenvalue weighted by atomic mass is 35.5. The lowest BCUT2D eigenvalue weighted by Crippen LogP contribution is -2.42. The molecule has 110 valence electrons. The number of carboxylic acids is 1. The van der Waals surface area contributed by atoms with Crippen LogP contribution in [0.4, 0.5) is 5.82 Å². The number of aromatic nitrogens is 1. The molecule has 0 spiro atoms. The minimum Gasteiger partial charge on any atom is -0.478 e. The molecule has 1 atom stereocenters. The van der Waals surface area contributed by atoms with Crippen molar-refractivity contribution in [2.45, 2.75) is 18.9 Å². The number of nitrogens with zero attached hydrogens (tertiary/aromatic N) is 2. The van der Waals surface area contributed by atoms with Crippen LogP contribution in [0.2, 0.25) is 5.02 Å². The van der Waals surface area contributed by atoms with Gasteiger partial charge in [0.1, 0.15) is 5.82 Å². The zero-order chi connectivity index (χ0) is 14.9. The van der Waals surface area contributed by atoms with Crippen LogP contribution in [0.15, 0.2) is 12.3 Å². The predicted octanol–water partition coefficient (Wildman–Crippen LogP) is 1.45. The smallest absolute Gasteiger partial charge is 0.337 e. The second-order valence-electron chi connectivity index (χ2n) is 4.86. The van der Waals surface area contributed by atoms with Gasteiger partial charge in [-0.1, -0.05) is 11.6 Å². The summed E-state index contributed by atoms with van der Waals surface area (Å²) < 4.78 is 23.3. The van der Waals surface area contributed by atoms with E-state index in [2.05, 4.69) is 4.98 Å². The van der Waals surface area contributed by atoms with Crippen molar-refractivity contribution < 1.29 is 18.3 Å². The first-order valence-corrected chi connectivity index (χ1v) is 8.32. The van der Waals surface area contributed by atoms with Crippen LogP contribution in [-0.2, 0) is 9.84 Å². The van der Waals surface area contributed by atoms with Gasteiger partial charge in [-0.15, -0.1) is 0 Å². The maximum atomic E-state index is 11.7. The quantitative estimate of drug-likeness (QED) is 0.907. The molecule has 0 amide bonds. The summed E-state index contributed by atoms with van der Waals surface area (Å²) in [5, 5.41) is 9.07. The molecule has 0 radical (unpaired) electrons. The van der Waals surface area contributed by atoms with Crippen LogP contribution in [0.25, 0.3) is 0 Å². The highest BCUT2D eigenvalue weighted by molar-refractivity contribution is 7.91. The van der Waals surface area contributed by atoms with E-state index in [1.807, 2.05) is 0 Å². The fraction of sp³-hybridized carbons (Fsp3) is 0.500. The summed E-state index contributed by atoms with van der Waals surface area (Å²) in [5.74, 6) is -0.411. The second-order valence-corrected chi connectivity index (χ2v) is 7.49. The molecule has 20 heavy (non-hydrogen) atoms. The molecule has 1 fully saturated rings. The number of halogens is 1. The molecule has 1 saturated heterocycles. The van der Waals surface area contributed by atoms with Crippen molar-refractivity contribution >= 4 is 33.2 Å². The fourth-order valence-electron chi connectivity index (χ4n) is 2.28. The number of anilines is 1. The van der Waals surface area contributed by atoms with Crippen molar-refractivity contribution in [2.75, 3.05) is 23.5 Å². The number of hydrogen-bond acceptors (Lipinski definition) is 5. The molecule has 1 aliphatic heterocycles. The first-order chi connectivity index (χ1) is 9.30. The van der Waals surface area contributed by atoms with Gasteiger partial charge in [-0.25, -0.2) is 18.2 Å². The standard InChI is InChI=1S/C12H15ClN2O4S/c1-15(9-3-2-4-20(18,19)7-9)11-10(13)5-8(6-14-11)12(16)17/h5-6,9H,2-4,7H2,1H3,(H,16,17). The third kappa shape index (κ3) is 3.21. The van der Waals surface area contributed by atoms with Crippen molar-refractivity contribution in [1.29, 1.82) is 0 Å². The van der Waals surface area contributed by atoms with E-state index in [9.17, 15) is 13.2 Å². The summed E-state index contributed by atoms with van der Waals surface area (Å²) in [6.45, 7) is 0. The number of carbonyl (C=O) groups is 1. The van der Waals surface area contributed by atoms with Gasteiger partial charge in [-0.3, -0.25) is 0 Å². The Hall–Kier alpha value is -1.34. The lowest BCUT2D eigenvalue weighted by Gasteiger charge is -2.32. The summed E-state index contributed by atoms with van der Waals surface area (Å²) in [5.41, 5.74) is 0.00316. The molecule has 6 nitrogen and oxygen atoms in total. The van der Waals surface area contributed by atoms with Gasteiger partial charge in [0, 0.05) is 19.3 Å². The van der Waals surface area contributed by atoms with E-state index in [4.69, 9.17) is 16.7 Å². The van der Waals surface area contributed by atoms with Crippen molar-refractivity contribution in [1.82, 2.24) is 4.98 Å². The molecule has 1 aromatic heterocycles. The van der Waals surface area contributed by atoms with Crippen LogP contribution in [0, 0.1) is 0 Å². The number of aromatic carboxylic acids is 1. The third-order valence-electron chi connectivity index (χ3n) is 3.39. The largest absolute Gasteiger partial charge is 0.478 e. The molecule has 1 aromatic rings. The number of pyridine rings is 1. The number of sulfone groups is 1. The SMILES string of the molecule is CN(c1ncc(C(=O)O)cc1Cl)C1CCCS(=O)(=O)C1. The van der Waals surface area contributed by atoms with Crippen molar-refractivity contribution in [3.05, 3.63) is 22.8 Å². The maximum Gasteiger partial charge on any atom is 0.337 e. The molecular weight excluding hydrogens is 304 g/mol. The van der Waals surface area contributed by atoms with Gasteiger partial charge in [0.25, 0.3) is 0 Å². The minimum absolute atomic E-state index is 0.00316. The monoisotopic (exact) mass is 318 g/mol. The Morgan fingerprint density at radius 2 is 2.25 bits per heavy atom. The summed E-state index contributed by atoms with van der Waals surface area (Å²) in [7, 11) is -1.30. The molecule has 0 bridgehead atoms. The average Bonchev–Trinajstić information content (AvgIpc) is 2.36. The van der Waals surface area contributed by atoms with Crippen molar-refractivity contribution in [2.24, 2.45) is 0 Å². The van der Waals surface area contributed by atoms with Crippen LogP contribution >= 0.6 is 11.6 Å². The van der Waals surface area contributed by atoms with E-state index in [-0.39, 0.29) is 28.1 Å². The molecular formula is C12H15ClN2O4S. The van der Waals surface area contributed by atoms with Gasteiger partial charge in [0.05, 0.1) is 22.1 Å². The molecule has 1 unspecified atom stereocenters. The number of hydrogen-bond donors (Lipinski definition) is 1.